The van der Waals surface area contributed by atoms with Crippen molar-refractivity contribution in [2.75, 3.05) is 19.0 Å². The number of hydrogen-bond donors (Lipinski definition) is 2. The molecule has 2 aliphatic rings. The Kier molecular flexibility index (Phi) is 4.70. The number of imide groups is 1. The lowest BCUT2D eigenvalue weighted by Gasteiger charge is -2.36. The van der Waals surface area contributed by atoms with Crippen LogP contribution in [-0.2, 0) is 9.59 Å². The lowest BCUT2D eigenvalue weighted by Crippen LogP contribution is -2.54. The molecule has 4 rings (SSSR count). The van der Waals surface area contributed by atoms with Crippen LogP contribution in [0.2, 0.25) is 0 Å². The Balaban J connectivity index is 1.46. The van der Waals surface area contributed by atoms with Gasteiger partial charge >= 0.3 is 6.03 Å². The molecule has 4 amide bonds. The van der Waals surface area contributed by atoms with Crippen molar-refractivity contribution in [3.05, 3.63) is 18.2 Å². The molecule has 0 unspecified atom stereocenters. The number of aromatic nitrogens is 1. The van der Waals surface area contributed by atoms with Crippen molar-refractivity contribution in [1.82, 2.24) is 15.2 Å². The second-order valence-corrected chi connectivity index (χ2v) is 8.37. The highest BCUT2D eigenvalue weighted by atomic mass is 32.1. The first kappa shape index (κ1) is 18.7. The van der Waals surface area contributed by atoms with Crippen LogP contribution in [0, 0.1) is 5.92 Å². The van der Waals surface area contributed by atoms with Gasteiger partial charge in [-0.1, -0.05) is 31.1 Å². The molecule has 1 saturated heterocycles. The van der Waals surface area contributed by atoms with Gasteiger partial charge < -0.3 is 15.4 Å². The number of thiazole rings is 1. The predicted molar refractivity (Wildman–Crippen MR) is 105 cm³/mol. The predicted octanol–water partition coefficient (Wildman–Crippen LogP) is 2.74. The monoisotopic (exact) mass is 402 g/mol. The molecule has 2 fully saturated rings. The summed E-state index contributed by atoms with van der Waals surface area (Å²) in [6.45, 7) is 1.66. The maximum absolute atomic E-state index is 12.9. The van der Waals surface area contributed by atoms with Crippen LogP contribution in [0.1, 0.15) is 32.6 Å². The minimum Gasteiger partial charge on any atom is -0.497 e. The largest absolute Gasteiger partial charge is 0.497 e. The molecule has 2 heterocycles. The molecule has 1 aliphatic carbocycles. The Labute approximate surface area is 166 Å². The van der Waals surface area contributed by atoms with E-state index < -0.39 is 17.5 Å². The molecule has 1 aromatic carbocycles. The van der Waals surface area contributed by atoms with Gasteiger partial charge in [0.05, 0.1) is 17.3 Å². The van der Waals surface area contributed by atoms with Crippen LogP contribution < -0.4 is 15.4 Å². The summed E-state index contributed by atoms with van der Waals surface area (Å²) in [6, 6.07) is 4.98. The van der Waals surface area contributed by atoms with Crippen LogP contribution in [0.4, 0.5) is 9.93 Å². The first-order valence-electron chi connectivity index (χ1n) is 9.31. The zero-order valence-corrected chi connectivity index (χ0v) is 16.6. The summed E-state index contributed by atoms with van der Waals surface area (Å²) in [5.74, 6) is -0.00386. The number of ether oxygens (including phenoxy) is 1. The van der Waals surface area contributed by atoms with E-state index in [1.165, 1.54) is 11.3 Å². The van der Waals surface area contributed by atoms with E-state index in [9.17, 15) is 14.4 Å². The summed E-state index contributed by atoms with van der Waals surface area (Å²) in [4.78, 5) is 43.2. The van der Waals surface area contributed by atoms with E-state index >= 15 is 0 Å². The molecular weight excluding hydrogens is 380 g/mol. The third-order valence-electron chi connectivity index (χ3n) is 5.64. The smallest absolute Gasteiger partial charge is 0.325 e. The quantitative estimate of drug-likeness (QED) is 0.766. The number of nitrogens with one attached hydrogen (secondary N) is 2. The number of carbonyl (C=O) groups excluding carboxylic acids is 3. The van der Waals surface area contributed by atoms with Crippen LogP contribution >= 0.6 is 11.3 Å². The van der Waals surface area contributed by atoms with Gasteiger partial charge in [-0.15, -0.1) is 0 Å². The van der Waals surface area contributed by atoms with Crippen molar-refractivity contribution in [3.63, 3.8) is 0 Å². The Hall–Kier alpha value is -2.68. The van der Waals surface area contributed by atoms with Crippen LogP contribution in [0.25, 0.3) is 10.2 Å². The summed E-state index contributed by atoms with van der Waals surface area (Å²) >= 11 is 1.32. The van der Waals surface area contributed by atoms with E-state index in [0.717, 1.165) is 28.9 Å². The highest BCUT2D eigenvalue weighted by Gasteiger charge is 2.55. The lowest BCUT2D eigenvalue weighted by atomic mass is 9.73. The van der Waals surface area contributed by atoms with E-state index in [4.69, 9.17) is 4.74 Å². The van der Waals surface area contributed by atoms with E-state index in [0.29, 0.717) is 22.8 Å². The van der Waals surface area contributed by atoms with Crippen molar-refractivity contribution in [2.24, 2.45) is 5.92 Å². The van der Waals surface area contributed by atoms with E-state index in [1.807, 2.05) is 19.1 Å². The third-order valence-corrected chi connectivity index (χ3v) is 6.60. The van der Waals surface area contributed by atoms with Gasteiger partial charge in [0.25, 0.3) is 5.91 Å². The second kappa shape index (κ2) is 7.05. The van der Waals surface area contributed by atoms with Crippen LogP contribution in [-0.4, -0.2) is 46.9 Å². The van der Waals surface area contributed by atoms with Crippen molar-refractivity contribution in [2.45, 2.75) is 38.1 Å². The Morgan fingerprint density at radius 3 is 3.00 bits per heavy atom. The van der Waals surface area contributed by atoms with Gasteiger partial charge in [0.15, 0.2) is 5.13 Å². The van der Waals surface area contributed by atoms with Crippen molar-refractivity contribution in [3.8, 4) is 5.75 Å². The van der Waals surface area contributed by atoms with Gasteiger partial charge in [-0.2, -0.15) is 0 Å². The normalized spacial score (nSPS) is 24.6. The zero-order valence-electron chi connectivity index (χ0n) is 15.8. The fourth-order valence-corrected chi connectivity index (χ4v) is 4.89. The molecule has 9 heteroatoms. The number of amides is 4. The maximum Gasteiger partial charge on any atom is 0.325 e. The first-order valence-corrected chi connectivity index (χ1v) is 10.1. The van der Waals surface area contributed by atoms with E-state index in [1.54, 1.807) is 13.2 Å². The van der Waals surface area contributed by atoms with Gasteiger partial charge in [0.2, 0.25) is 5.91 Å². The summed E-state index contributed by atoms with van der Waals surface area (Å²) in [5, 5.41) is 5.96. The molecule has 2 N–H and O–H groups in total. The average Bonchev–Trinajstić information content (AvgIpc) is 3.17. The molecule has 1 spiro atoms. The Morgan fingerprint density at radius 1 is 1.43 bits per heavy atom. The standard InChI is InChI=1S/C19H22N4O4S/c1-11-5-3-4-8-19(11)16(25)23(18(26)22-19)10-15(24)21-17-20-13-9-12(27-2)6-7-14(13)28-17/h6-7,9,11H,3-5,8,10H2,1-2H3,(H,22,26)(H,20,21,24)/t11-,19+/m0/s1. The fraction of sp³-hybridized carbons (Fsp3) is 0.474. The highest BCUT2D eigenvalue weighted by Crippen LogP contribution is 2.38. The molecule has 2 aromatic rings. The minimum absolute atomic E-state index is 0.0602. The van der Waals surface area contributed by atoms with Crippen LogP contribution in [0.15, 0.2) is 18.2 Å². The topological polar surface area (TPSA) is 101 Å². The average molecular weight is 402 g/mol. The van der Waals surface area contributed by atoms with Gasteiger partial charge in [0.1, 0.15) is 17.8 Å². The molecule has 8 nitrogen and oxygen atoms in total. The Morgan fingerprint density at radius 2 is 2.25 bits per heavy atom. The van der Waals surface area contributed by atoms with Crippen molar-refractivity contribution in [1.29, 1.82) is 0 Å². The molecule has 1 aliphatic heterocycles. The summed E-state index contributed by atoms with van der Waals surface area (Å²) in [5.41, 5.74) is -0.146. The van der Waals surface area contributed by atoms with Gasteiger partial charge in [-0.05, 0) is 30.9 Å². The molecule has 1 saturated carbocycles. The second-order valence-electron chi connectivity index (χ2n) is 7.34. The van der Waals surface area contributed by atoms with Crippen molar-refractivity contribution >= 4 is 44.5 Å². The fourth-order valence-electron chi connectivity index (χ4n) is 4.03. The molecule has 0 bridgehead atoms. The van der Waals surface area contributed by atoms with Crippen molar-refractivity contribution < 1.29 is 19.1 Å². The van der Waals surface area contributed by atoms with E-state index in [2.05, 4.69) is 15.6 Å². The Bertz CT molecular complexity index is 959. The molecule has 2 atom stereocenters. The number of hydrogen-bond acceptors (Lipinski definition) is 6. The third kappa shape index (κ3) is 3.09. The van der Waals surface area contributed by atoms with Gasteiger partial charge in [-0.3, -0.25) is 14.5 Å². The van der Waals surface area contributed by atoms with Crippen LogP contribution in [0.5, 0.6) is 5.75 Å². The number of urea groups is 1. The highest BCUT2D eigenvalue weighted by molar-refractivity contribution is 7.22. The maximum atomic E-state index is 12.9. The number of carbonyl (C=O) groups is 3. The molecule has 0 radical (unpaired) electrons. The zero-order chi connectivity index (χ0) is 19.9. The molecule has 1 aromatic heterocycles. The number of fused-ring (bicyclic) bond motifs is 1. The molecule has 28 heavy (non-hydrogen) atoms. The van der Waals surface area contributed by atoms with Gasteiger partial charge in [-0.25, -0.2) is 9.78 Å². The number of benzene rings is 1. The SMILES string of the molecule is COc1ccc2sc(NC(=O)CN3C(=O)N[C@@]4(CCCC[C@@H]4C)C3=O)nc2c1. The summed E-state index contributed by atoms with van der Waals surface area (Å²) < 4.78 is 6.08. The summed E-state index contributed by atoms with van der Waals surface area (Å²) in [6.07, 6.45) is 3.46. The summed E-state index contributed by atoms with van der Waals surface area (Å²) in [7, 11) is 1.58. The molecular formula is C19H22N4O4S. The number of rotatable bonds is 4. The van der Waals surface area contributed by atoms with E-state index in [-0.39, 0.29) is 18.4 Å². The first-order chi connectivity index (χ1) is 13.4. The minimum atomic E-state index is -0.859. The number of anilines is 1. The number of methoxy groups -OCH3 is 1. The van der Waals surface area contributed by atoms with Crippen LogP contribution in [0.3, 0.4) is 0 Å². The molecule has 148 valence electrons. The number of nitrogens with zero attached hydrogens (tertiary/aromatic N) is 2. The lowest BCUT2D eigenvalue weighted by molar-refractivity contribution is -0.136. The van der Waals surface area contributed by atoms with Gasteiger partial charge in [0, 0.05) is 6.07 Å².